The van der Waals surface area contributed by atoms with Crippen LogP contribution in [0.4, 0.5) is 0 Å². The van der Waals surface area contributed by atoms with Crippen molar-refractivity contribution in [2.24, 2.45) is 0 Å². The maximum Gasteiger partial charge on any atom is 0.239 e. The van der Waals surface area contributed by atoms with E-state index >= 15 is 0 Å². The summed E-state index contributed by atoms with van der Waals surface area (Å²) >= 11 is 3.49. The maximum atomic E-state index is 13.9. The second kappa shape index (κ2) is 13.3. The van der Waals surface area contributed by atoms with Crippen molar-refractivity contribution in [1.82, 2.24) is 14.8 Å². The fourth-order valence-corrected chi connectivity index (χ4v) is 7.38. The first-order chi connectivity index (χ1) is 21.1. The predicted octanol–water partition coefficient (Wildman–Crippen LogP) is 4.37. The molecule has 1 aromatic heterocycles. The molecule has 1 N–H and O–H groups in total. The van der Waals surface area contributed by atoms with Crippen LogP contribution in [0.2, 0.25) is 0 Å². The third-order valence-corrected chi connectivity index (χ3v) is 9.30. The molecule has 2 aliphatic rings. The number of nitrogens with zero attached hydrogens (tertiary/aromatic N) is 2. The van der Waals surface area contributed by atoms with Gasteiger partial charge in [0, 0.05) is 46.2 Å². The Morgan fingerprint density at radius 2 is 1.80 bits per heavy atom. The van der Waals surface area contributed by atoms with Gasteiger partial charge in [0.1, 0.15) is 18.1 Å². The molecule has 0 bridgehead atoms. The van der Waals surface area contributed by atoms with Gasteiger partial charge in [-0.3, -0.25) is 19.3 Å². The first-order valence-electron chi connectivity index (χ1n) is 14.0. The fraction of sp³-hybridized carbons (Fsp3) is 0.323. The molecule has 13 heteroatoms. The molecule has 5 rings (SSSR count). The third-order valence-electron chi connectivity index (χ3n) is 7.36. The number of hydrogen-bond acceptors (Lipinski definition) is 10. The summed E-state index contributed by atoms with van der Waals surface area (Å²) in [6.45, 7) is 4.04. The summed E-state index contributed by atoms with van der Waals surface area (Å²) in [5.41, 5.74) is 3.04. The second-order valence-electron chi connectivity index (χ2n) is 10.2. The van der Waals surface area contributed by atoms with Gasteiger partial charge in [-0.05, 0) is 43.2 Å². The van der Waals surface area contributed by atoms with Crippen LogP contribution in [0, 0.1) is 5.21 Å². The Morgan fingerprint density at radius 1 is 1.05 bits per heavy atom. The topological polar surface area (TPSA) is 147 Å². The zero-order chi connectivity index (χ0) is 31.6. The molecule has 3 aromatic rings. The average Bonchev–Trinajstić information content (AvgIpc) is 3.27. The van der Waals surface area contributed by atoms with Crippen molar-refractivity contribution in [3.05, 3.63) is 104 Å². The van der Waals surface area contributed by atoms with Crippen molar-refractivity contribution in [1.29, 1.82) is 0 Å². The van der Waals surface area contributed by atoms with Crippen LogP contribution in [0.15, 0.2) is 70.8 Å². The summed E-state index contributed by atoms with van der Waals surface area (Å²) in [6.07, 6.45) is -0.597. The van der Waals surface area contributed by atoms with Gasteiger partial charge in [0.25, 0.3) is 0 Å². The zero-order valence-corrected chi connectivity index (χ0v) is 26.7. The molecule has 2 heterocycles. The highest BCUT2D eigenvalue weighted by Crippen LogP contribution is 2.52. The molecule has 44 heavy (non-hydrogen) atoms. The van der Waals surface area contributed by atoms with E-state index in [4.69, 9.17) is 14.2 Å². The van der Waals surface area contributed by atoms with E-state index in [0.717, 1.165) is 5.06 Å². The van der Waals surface area contributed by atoms with Crippen molar-refractivity contribution in [2.75, 3.05) is 20.3 Å². The van der Waals surface area contributed by atoms with Gasteiger partial charge in [0.15, 0.2) is 5.78 Å². The highest BCUT2D eigenvalue weighted by Gasteiger charge is 2.48. The molecule has 0 radical (unpaired) electrons. The molecule has 1 aliphatic heterocycles. The Kier molecular flexibility index (Phi) is 9.63. The number of carbonyl (C=O) groups excluding carboxylic acids is 2. The van der Waals surface area contributed by atoms with Crippen LogP contribution in [0.25, 0.3) is 5.57 Å². The van der Waals surface area contributed by atoms with Gasteiger partial charge in [0.05, 0.1) is 31.0 Å². The van der Waals surface area contributed by atoms with Crippen LogP contribution < -0.4 is 9.46 Å². The number of amides is 1. The molecular weight excluding hydrogens is 654 g/mol. The molecule has 2 aromatic carbocycles. The molecule has 3 atom stereocenters. The van der Waals surface area contributed by atoms with Crippen LogP contribution in [0.5, 0.6) is 5.75 Å². The highest BCUT2D eigenvalue weighted by atomic mass is 79.9. The van der Waals surface area contributed by atoms with Crippen LogP contribution in [-0.2, 0) is 41.3 Å². The number of sulfonamides is 1. The van der Waals surface area contributed by atoms with Gasteiger partial charge in [-0.1, -0.05) is 52.3 Å². The number of nitrogens with one attached hydrogen (secondary N) is 1. The molecule has 1 amide bonds. The first-order valence-corrected chi connectivity index (χ1v) is 16.4. The summed E-state index contributed by atoms with van der Waals surface area (Å²) < 4.78 is 45.2. The van der Waals surface area contributed by atoms with Gasteiger partial charge < -0.3 is 24.5 Å². The largest absolute Gasteiger partial charge is 0.782 e. The molecule has 232 valence electrons. The molecule has 0 spiro atoms. The minimum absolute atomic E-state index is 0.180. The molecule has 1 aliphatic carbocycles. The molecule has 3 unspecified atom stereocenters. The molecule has 0 saturated carbocycles. The monoisotopic (exact) mass is 684 g/mol. The quantitative estimate of drug-likeness (QED) is 0.309. The van der Waals surface area contributed by atoms with Crippen LogP contribution in [0.1, 0.15) is 53.9 Å². The highest BCUT2D eigenvalue weighted by molar-refractivity contribution is 9.10. The van der Waals surface area contributed by atoms with E-state index in [1.54, 1.807) is 74.6 Å². The number of hydrogen-bond donors (Lipinski definition) is 1. The van der Waals surface area contributed by atoms with E-state index in [9.17, 15) is 23.2 Å². The lowest BCUT2D eigenvalue weighted by Gasteiger charge is -2.37. The van der Waals surface area contributed by atoms with Gasteiger partial charge in [-0.25, -0.2) is 8.42 Å². The second-order valence-corrected chi connectivity index (χ2v) is 12.7. The number of hydroxylamine groups is 2. The van der Waals surface area contributed by atoms with Crippen molar-refractivity contribution in [3.63, 3.8) is 0 Å². The smallest absolute Gasteiger partial charge is 0.239 e. The van der Waals surface area contributed by atoms with E-state index in [1.165, 1.54) is 7.11 Å². The van der Waals surface area contributed by atoms with Crippen molar-refractivity contribution >= 4 is 43.2 Å². The number of ether oxygens (including phenoxy) is 3. The Bertz CT molecular complexity index is 1730. The van der Waals surface area contributed by atoms with Gasteiger partial charge in [-0.2, -0.15) is 0 Å². The maximum absolute atomic E-state index is 13.9. The molecule has 0 saturated heterocycles. The molecule has 0 fully saturated rings. The number of pyridine rings is 1. The van der Waals surface area contributed by atoms with Gasteiger partial charge in [-0.15, -0.1) is 0 Å². The SMILES string of the molecule is CCOC1C(=O)C2=C(c3ncccc31)C(OCC)N([O-])C2c1ccc(CS(=O)(=O)NC(=O)Cc2ccccc2OC)cc1Br. The number of Topliss-reactive ketones (excluding diaryl/α,β-unsaturated/α-hetero) is 1. The number of ketones is 1. The Balaban J connectivity index is 1.43. The molecule has 11 nitrogen and oxygen atoms in total. The number of aromatic nitrogens is 1. The summed E-state index contributed by atoms with van der Waals surface area (Å²) in [5.74, 6) is -1.07. The van der Waals surface area contributed by atoms with Gasteiger partial charge in [0.2, 0.25) is 15.9 Å². The van der Waals surface area contributed by atoms with Crippen LogP contribution in [-0.4, -0.2) is 56.7 Å². The van der Waals surface area contributed by atoms with Crippen molar-refractivity contribution in [3.8, 4) is 5.75 Å². The van der Waals surface area contributed by atoms with Gasteiger partial charge >= 0.3 is 0 Å². The van der Waals surface area contributed by atoms with E-state index in [0.29, 0.717) is 43.7 Å². The van der Waals surface area contributed by atoms with E-state index in [-0.39, 0.29) is 31.0 Å². The number of carbonyl (C=O) groups is 2. The molecular formula is C31H31BrN3O8S-. The summed E-state index contributed by atoms with van der Waals surface area (Å²) in [7, 11) is -2.60. The number of para-hydroxylation sites is 1. The van der Waals surface area contributed by atoms with Crippen molar-refractivity contribution < 1.29 is 32.2 Å². The Hall–Kier alpha value is -3.46. The predicted molar refractivity (Wildman–Crippen MR) is 165 cm³/mol. The van der Waals surface area contributed by atoms with Crippen molar-refractivity contribution in [2.45, 2.75) is 44.4 Å². The summed E-state index contributed by atoms with van der Waals surface area (Å²) in [5, 5.41) is 14.6. The average molecular weight is 686 g/mol. The number of rotatable bonds is 11. The van der Waals surface area contributed by atoms with Crippen LogP contribution >= 0.6 is 15.9 Å². The van der Waals surface area contributed by atoms with E-state index in [1.807, 2.05) is 0 Å². The zero-order valence-electron chi connectivity index (χ0n) is 24.3. The number of fused-ring (bicyclic) bond motifs is 2. The lowest BCUT2D eigenvalue weighted by Crippen LogP contribution is -2.33. The number of benzene rings is 2. The first kappa shape index (κ1) is 31.9. The van der Waals surface area contributed by atoms with E-state index < -0.39 is 40.1 Å². The number of halogens is 1. The summed E-state index contributed by atoms with van der Waals surface area (Å²) in [4.78, 5) is 31.0. The normalized spacial score (nSPS) is 19.9. The lowest BCUT2D eigenvalue weighted by molar-refractivity contribution is -0.127. The fourth-order valence-electron chi connectivity index (χ4n) is 5.63. The minimum Gasteiger partial charge on any atom is -0.782 e. The Morgan fingerprint density at radius 3 is 2.50 bits per heavy atom. The Labute approximate surface area is 264 Å². The third kappa shape index (κ3) is 6.21. The van der Waals surface area contributed by atoms with Crippen LogP contribution in [0.3, 0.4) is 0 Å². The standard InChI is InChI=1S/C31H31BrN3O8S/c1-4-42-30-21-10-8-14-33-27(21)25-26(29(30)37)28(35(38)31(25)43-5-2)20-13-12-18(15-22(20)32)17-44(39,40)34-24(36)16-19-9-6-7-11-23(19)41-3/h6-15,28,30-31H,4-5,16-17H2,1-3H3,(H,34,36)/q-1. The summed E-state index contributed by atoms with van der Waals surface area (Å²) in [6, 6.07) is 14.0. The van der Waals surface area contributed by atoms with E-state index in [2.05, 4.69) is 25.6 Å². The lowest BCUT2D eigenvalue weighted by atomic mass is 9.83. The minimum atomic E-state index is -4.07. The number of methoxy groups -OCH3 is 1.